The first-order valence-electron chi connectivity index (χ1n) is 7.08. The fraction of sp³-hybridized carbons (Fsp3) is 0.250. The highest BCUT2D eigenvalue weighted by Crippen LogP contribution is 2.29. The number of anilines is 2. The number of carbonyl (C=O) groups excluding carboxylic acids is 1. The van der Waals surface area contributed by atoms with Gasteiger partial charge in [0.15, 0.2) is 0 Å². The molecular formula is C16H16F3N3O. The van der Waals surface area contributed by atoms with E-state index in [4.69, 9.17) is 0 Å². The van der Waals surface area contributed by atoms with Gasteiger partial charge in [-0.3, -0.25) is 9.78 Å². The van der Waals surface area contributed by atoms with Crippen molar-refractivity contribution in [3.63, 3.8) is 0 Å². The Labute approximate surface area is 131 Å². The SMILES string of the molecule is CCCNc1ccnc(C(=O)Nc2ccc(C(F)(F)F)cc2)c1. The minimum atomic E-state index is -4.40. The normalized spacial score (nSPS) is 11.1. The van der Waals surface area contributed by atoms with Crippen molar-refractivity contribution in [1.29, 1.82) is 0 Å². The Morgan fingerprint density at radius 1 is 1.13 bits per heavy atom. The smallest absolute Gasteiger partial charge is 0.385 e. The van der Waals surface area contributed by atoms with Crippen LogP contribution in [0.25, 0.3) is 0 Å². The van der Waals surface area contributed by atoms with Gasteiger partial charge in [-0.25, -0.2) is 0 Å². The van der Waals surface area contributed by atoms with Crippen LogP contribution in [0, 0.1) is 0 Å². The second-order valence-corrected chi connectivity index (χ2v) is 4.89. The van der Waals surface area contributed by atoms with Crippen LogP contribution in [0.2, 0.25) is 0 Å². The molecule has 0 unspecified atom stereocenters. The summed E-state index contributed by atoms with van der Waals surface area (Å²) in [7, 11) is 0. The molecule has 0 aliphatic carbocycles. The molecule has 1 aromatic carbocycles. The van der Waals surface area contributed by atoms with E-state index < -0.39 is 17.6 Å². The molecule has 2 rings (SSSR count). The van der Waals surface area contributed by atoms with Crippen LogP contribution < -0.4 is 10.6 Å². The quantitative estimate of drug-likeness (QED) is 0.868. The maximum atomic E-state index is 12.5. The summed E-state index contributed by atoms with van der Waals surface area (Å²) in [4.78, 5) is 16.1. The number of hydrogen-bond acceptors (Lipinski definition) is 3. The van der Waals surface area contributed by atoms with E-state index in [-0.39, 0.29) is 11.4 Å². The average Bonchev–Trinajstić information content (AvgIpc) is 2.53. The summed E-state index contributed by atoms with van der Waals surface area (Å²) in [6.45, 7) is 2.79. The van der Waals surface area contributed by atoms with Crippen LogP contribution in [0.1, 0.15) is 29.4 Å². The molecule has 0 saturated carbocycles. The number of halogens is 3. The van der Waals surface area contributed by atoms with Crippen molar-refractivity contribution in [2.24, 2.45) is 0 Å². The van der Waals surface area contributed by atoms with E-state index in [2.05, 4.69) is 15.6 Å². The van der Waals surface area contributed by atoms with Crippen LogP contribution in [-0.2, 0) is 6.18 Å². The number of alkyl halides is 3. The molecule has 0 aliphatic rings. The van der Waals surface area contributed by atoms with Crippen LogP contribution in [0.4, 0.5) is 24.5 Å². The van der Waals surface area contributed by atoms with Crippen molar-refractivity contribution in [2.75, 3.05) is 17.2 Å². The molecule has 0 saturated heterocycles. The number of benzene rings is 1. The maximum absolute atomic E-state index is 12.5. The zero-order valence-corrected chi connectivity index (χ0v) is 12.4. The number of hydrogen-bond donors (Lipinski definition) is 2. The van der Waals surface area contributed by atoms with Crippen molar-refractivity contribution >= 4 is 17.3 Å². The number of nitrogens with one attached hydrogen (secondary N) is 2. The summed E-state index contributed by atoms with van der Waals surface area (Å²) in [6, 6.07) is 7.59. The molecule has 0 bridgehead atoms. The topological polar surface area (TPSA) is 54.0 Å². The highest BCUT2D eigenvalue weighted by atomic mass is 19.4. The first-order chi connectivity index (χ1) is 10.9. The van der Waals surface area contributed by atoms with Gasteiger partial charge in [0, 0.05) is 24.1 Å². The summed E-state index contributed by atoms with van der Waals surface area (Å²) in [6.07, 6.45) is -1.96. The fourth-order valence-corrected chi connectivity index (χ4v) is 1.87. The average molecular weight is 323 g/mol. The first-order valence-corrected chi connectivity index (χ1v) is 7.08. The lowest BCUT2D eigenvalue weighted by Crippen LogP contribution is -2.14. The number of carbonyl (C=O) groups is 1. The largest absolute Gasteiger partial charge is 0.416 e. The molecular weight excluding hydrogens is 307 g/mol. The van der Waals surface area contributed by atoms with Gasteiger partial charge in [-0.2, -0.15) is 13.2 Å². The molecule has 1 heterocycles. The third-order valence-electron chi connectivity index (χ3n) is 3.04. The Hall–Kier alpha value is -2.57. The molecule has 4 nitrogen and oxygen atoms in total. The van der Waals surface area contributed by atoms with Crippen molar-refractivity contribution in [3.8, 4) is 0 Å². The Balaban J connectivity index is 2.07. The summed E-state index contributed by atoms with van der Waals surface area (Å²) in [5.41, 5.74) is 0.460. The lowest BCUT2D eigenvalue weighted by molar-refractivity contribution is -0.137. The summed E-state index contributed by atoms with van der Waals surface area (Å²) in [5, 5.41) is 5.66. The standard InChI is InChI=1S/C16H16F3N3O/c1-2-8-20-13-7-9-21-14(10-13)15(23)22-12-5-3-11(4-6-12)16(17,18)19/h3-7,9-10H,2,8H2,1H3,(H,20,21)(H,22,23). The molecule has 0 atom stereocenters. The zero-order valence-electron chi connectivity index (χ0n) is 12.4. The van der Waals surface area contributed by atoms with E-state index in [0.717, 1.165) is 30.8 Å². The van der Waals surface area contributed by atoms with E-state index in [1.807, 2.05) is 6.92 Å². The van der Waals surface area contributed by atoms with Gasteiger partial charge in [0.25, 0.3) is 5.91 Å². The van der Waals surface area contributed by atoms with Gasteiger partial charge in [-0.05, 0) is 42.8 Å². The number of pyridine rings is 1. The Morgan fingerprint density at radius 3 is 2.43 bits per heavy atom. The highest BCUT2D eigenvalue weighted by molar-refractivity contribution is 6.03. The van der Waals surface area contributed by atoms with Crippen LogP contribution >= 0.6 is 0 Å². The van der Waals surface area contributed by atoms with Gasteiger partial charge in [0.05, 0.1) is 5.56 Å². The number of nitrogens with zero attached hydrogens (tertiary/aromatic N) is 1. The van der Waals surface area contributed by atoms with Gasteiger partial charge in [-0.1, -0.05) is 6.92 Å². The number of amides is 1. The lowest BCUT2D eigenvalue weighted by Gasteiger charge is -2.09. The van der Waals surface area contributed by atoms with Gasteiger partial charge in [0.1, 0.15) is 5.69 Å². The van der Waals surface area contributed by atoms with E-state index in [1.54, 1.807) is 12.1 Å². The minimum Gasteiger partial charge on any atom is -0.385 e. The van der Waals surface area contributed by atoms with E-state index in [0.29, 0.717) is 0 Å². The monoisotopic (exact) mass is 323 g/mol. The molecule has 2 N–H and O–H groups in total. The summed E-state index contributed by atoms with van der Waals surface area (Å²) < 4.78 is 37.5. The minimum absolute atomic E-state index is 0.186. The number of aromatic nitrogens is 1. The molecule has 0 fully saturated rings. The Morgan fingerprint density at radius 2 is 1.83 bits per heavy atom. The van der Waals surface area contributed by atoms with Crippen molar-refractivity contribution in [1.82, 2.24) is 4.98 Å². The zero-order chi connectivity index (χ0) is 16.9. The van der Waals surface area contributed by atoms with E-state index in [9.17, 15) is 18.0 Å². The van der Waals surface area contributed by atoms with Crippen LogP contribution in [0.5, 0.6) is 0 Å². The predicted molar refractivity (Wildman–Crippen MR) is 82.4 cm³/mol. The van der Waals surface area contributed by atoms with Crippen LogP contribution in [0.3, 0.4) is 0 Å². The maximum Gasteiger partial charge on any atom is 0.416 e. The Bertz CT molecular complexity index is 669. The molecule has 23 heavy (non-hydrogen) atoms. The fourth-order valence-electron chi connectivity index (χ4n) is 1.87. The highest BCUT2D eigenvalue weighted by Gasteiger charge is 2.30. The lowest BCUT2D eigenvalue weighted by atomic mass is 10.2. The molecule has 2 aromatic rings. The summed E-state index contributed by atoms with van der Waals surface area (Å²) in [5.74, 6) is -0.482. The summed E-state index contributed by atoms with van der Waals surface area (Å²) >= 11 is 0. The van der Waals surface area contributed by atoms with Crippen LogP contribution in [-0.4, -0.2) is 17.4 Å². The van der Waals surface area contributed by atoms with Crippen molar-refractivity contribution in [3.05, 3.63) is 53.9 Å². The Kier molecular flexibility index (Phi) is 5.20. The molecule has 0 aliphatic heterocycles. The molecule has 1 amide bonds. The molecule has 1 aromatic heterocycles. The predicted octanol–water partition coefficient (Wildman–Crippen LogP) is 4.17. The van der Waals surface area contributed by atoms with Crippen molar-refractivity contribution in [2.45, 2.75) is 19.5 Å². The van der Waals surface area contributed by atoms with E-state index >= 15 is 0 Å². The molecule has 0 spiro atoms. The van der Waals surface area contributed by atoms with Crippen molar-refractivity contribution < 1.29 is 18.0 Å². The molecule has 7 heteroatoms. The molecule has 122 valence electrons. The molecule has 0 radical (unpaired) electrons. The first kappa shape index (κ1) is 16.8. The van der Waals surface area contributed by atoms with Gasteiger partial charge in [0.2, 0.25) is 0 Å². The third kappa shape index (κ3) is 4.70. The number of rotatable bonds is 5. The van der Waals surface area contributed by atoms with Gasteiger partial charge in [-0.15, -0.1) is 0 Å². The van der Waals surface area contributed by atoms with Gasteiger partial charge >= 0.3 is 6.18 Å². The third-order valence-corrected chi connectivity index (χ3v) is 3.04. The second-order valence-electron chi connectivity index (χ2n) is 4.89. The second kappa shape index (κ2) is 7.13. The van der Waals surface area contributed by atoms with Crippen LogP contribution in [0.15, 0.2) is 42.6 Å². The van der Waals surface area contributed by atoms with Gasteiger partial charge < -0.3 is 10.6 Å². The van der Waals surface area contributed by atoms with E-state index in [1.165, 1.54) is 18.3 Å².